The Morgan fingerprint density at radius 1 is 1.19 bits per heavy atom. The number of carbonyl (C=O) groups excluding carboxylic acids is 2. The van der Waals surface area contributed by atoms with Crippen LogP contribution in [0.2, 0.25) is 5.02 Å². The van der Waals surface area contributed by atoms with Gasteiger partial charge in [-0.1, -0.05) is 36.2 Å². The monoisotopic (exact) mass is 611 g/mol. The molecule has 1 aliphatic heterocycles. The van der Waals surface area contributed by atoms with E-state index < -0.39 is 29.1 Å². The molecule has 8 heteroatoms. The molecule has 0 aromatic heterocycles. The van der Waals surface area contributed by atoms with Gasteiger partial charge in [0.15, 0.2) is 0 Å². The normalized spacial score (nSPS) is 20.1. The number of aryl methyl sites for hydroxylation is 1. The zero-order valence-corrected chi connectivity index (χ0v) is 27.0. The molecule has 234 valence electrons. The van der Waals surface area contributed by atoms with Crippen LogP contribution in [-0.4, -0.2) is 49.5 Å². The van der Waals surface area contributed by atoms with Crippen molar-refractivity contribution in [1.29, 1.82) is 0 Å². The van der Waals surface area contributed by atoms with Crippen LogP contribution in [-0.2, 0) is 36.5 Å². The summed E-state index contributed by atoms with van der Waals surface area (Å²) in [7, 11) is 1.20. The molecule has 1 spiro atoms. The van der Waals surface area contributed by atoms with Gasteiger partial charge in [-0.05, 0) is 107 Å². The van der Waals surface area contributed by atoms with Crippen molar-refractivity contribution in [2.24, 2.45) is 5.92 Å². The van der Waals surface area contributed by atoms with Gasteiger partial charge in [-0.3, -0.25) is 4.79 Å². The second-order valence-electron chi connectivity index (χ2n) is 13.0. The number of unbranched alkanes of at least 4 members (excludes halogenated alkanes) is 3. The number of carbonyl (C=O) groups is 2. The highest BCUT2D eigenvalue weighted by Gasteiger charge is 2.50. The molecule has 1 heterocycles. The number of esters is 2. The minimum absolute atomic E-state index is 0.249. The quantitative estimate of drug-likeness (QED) is 0.178. The molecule has 0 radical (unpaired) electrons. The lowest BCUT2D eigenvalue weighted by Crippen LogP contribution is -2.48. The number of ether oxygens (including phenoxy) is 3. The number of allylic oxidation sites excluding steroid dienone is 1. The van der Waals surface area contributed by atoms with Gasteiger partial charge in [0.2, 0.25) is 5.60 Å². The summed E-state index contributed by atoms with van der Waals surface area (Å²) < 4.78 is 17.2. The van der Waals surface area contributed by atoms with Crippen LogP contribution in [0.1, 0.15) is 82.9 Å². The van der Waals surface area contributed by atoms with Crippen LogP contribution in [0, 0.1) is 5.92 Å². The van der Waals surface area contributed by atoms with Crippen LogP contribution < -0.4 is 9.64 Å². The van der Waals surface area contributed by atoms with Crippen molar-refractivity contribution in [3.05, 3.63) is 70.8 Å². The van der Waals surface area contributed by atoms with Gasteiger partial charge < -0.3 is 24.2 Å². The van der Waals surface area contributed by atoms with Gasteiger partial charge in [-0.25, -0.2) is 4.79 Å². The van der Waals surface area contributed by atoms with E-state index in [0.29, 0.717) is 18.9 Å². The van der Waals surface area contributed by atoms with Gasteiger partial charge in [-0.15, -0.1) is 6.58 Å². The van der Waals surface area contributed by atoms with E-state index in [0.717, 1.165) is 62.2 Å². The maximum absolute atomic E-state index is 13.2. The second-order valence-corrected chi connectivity index (χ2v) is 13.4. The topological polar surface area (TPSA) is 85.3 Å². The zero-order valence-electron chi connectivity index (χ0n) is 26.2. The highest BCUT2D eigenvalue weighted by atomic mass is 35.5. The van der Waals surface area contributed by atoms with Gasteiger partial charge in [0, 0.05) is 23.5 Å². The Labute approximate surface area is 261 Å². The Hall–Kier alpha value is -3.03. The predicted octanol–water partition coefficient (Wildman–Crippen LogP) is 6.90. The zero-order chi connectivity index (χ0) is 31.4. The number of rotatable bonds is 10. The lowest BCUT2D eigenvalue weighted by molar-refractivity contribution is -0.185. The van der Waals surface area contributed by atoms with Crippen molar-refractivity contribution in [3.63, 3.8) is 0 Å². The predicted molar refractivity (Wildman–Crippen MR) is 170 cm³/mol. The molecule has 2 aromatic carbocycles. The van der Waals surface area contributed by atoms with Crippen molar-refractivity contribution in [3.8, 4) is 5.75 Å². The van der Waals surface area contributed by atoms with E-state index in [9.17, 15) is 14.7 Å². The van der Waals surface area contributed by atoms with Crippen LogP contribution in [0.15, 0.2) is 49.1 Å². The standard InChI is InChI=1S/C35H46ClNO6/c1-7-8-9-10-11-19-37-22-34(18-12-13-25-20-27(36)15-16-28(25)34)23-42-30-17-14-26(21-29(30)37)35(40,32(39)41-6)24(2)31(38)43-33(3,4)5/h7,14-17,20-21,24,40H,1,8-13,18-19,22-23H2,2-6H3/t24-,34+,35-/m1/s1. The second kappa shape index (κ2) is 13.3. The van der Waals surface area contributed by atoms with Crippen molar-refractivity contribution < 1.29 is 28.9 Å². The van der Waals surface area contributed by atoms with E-state index in [1.54, 1.807) is 39.0 Å². The molecule has 1 aliphatic carbocycles. The average molecular weight is 612 g/mol. The molecule has 0 saturated carbocycles. The molecular formula is C35H46ClNO6. The van der Waals surface area contributed by atoms with E-state index in [1.807, 2.05) is 12.1 Å². The highest BCUT2D eigenvalue weighted by molar-refractivity contribution is 6.30. The van der Waals surface area contributed by atoms with Crippen LogP contribution in [0.25, 0.3) is 0 Å². The molecule has 4 rings (SSSR count). The van der Waals surface area contributed by atoms with Crippen molar-refractivity contribution in [1.82, 2.24) is 0 Å². The number of anilines is 1. The highest BCUT2D eigenvalue weighted by Crippen LogP contribution is 2.46. The molecule has 3 atom stereocenters. The molecule has 1 N–H and O–H groups in total. The van der Waals surface area contributed by atoms with Crippen LogP contribution >= 0.6 is 11.6 Å². The summed E-state index contributed by atoms with van der Waals surface area (Å²) in [4.78, 5) is 28.7. The Balaban J connectivity index is 1.77. The van der Waals surface area contributed by atoms with E-state index in [1.165, 1.54) is 25.2 Å². The molecular weight excluding hydrogens is 566 g/mol. The largest absolute Gasteiger partial charge is 0.490 e. The maximum Gasteiger partial charge on any atom is 0.343 e. The van der Waals surface area contributed by atoms with E-state index in [-0.39, 0.29) is 11.0 Å². The summed E-state index contributed by atoms with van der Waals surface area (Å²) in [5, 5.41) is 12.7. The number of benzene rings is 2. The SMILES string of the molecule is C=CCCCCCN1C[C@@]2(CCCc3cc(Cl)ccc32)COc2ccc([C@@](O)(C(=O)OC)[C@H](C)C(=O)OC(C)(C)C)cc21. The van der Waals surface area contributed by atoms with Gasteiger partial charge in [0.05, 0.1) is 25.3 Å². The first kappa shape index (κ1) is 32.9. The van der Waals surface area contributed by atoms with Crippen LogP contribution in [0.4, 0.5) is 5.69 Å². The fourth-order valence-electron chi connectivity index (χ4n) is 6.42. The third-order valence-electron chi connectivity index (χ3n) is 8.70. The van der Waals surface area contributed by atoms with Crippen LogP contribution in [0.3, 0.4) is 0 Å². The van der Waals surface area contributed by atoms with Gasteiger partial charge in [0.25, 0.3) is 0 Å². The molecule has 0 bridgehead atoms. The van der Waals surface area contributed by atoms with E-state index >= 15 is 0 Å². The summed E-state index contributed by atoms with van der Waals surface area (Å²) >= 11 is 6.39. The van der Waals surface area contributed by atoms with Crippen molar-refractivity contribution in [2.45, 2.75) is 89.3 Å². The molecule has 43 heavy (non-hydrogen) atoms. The van der Waals surface area contributed by atoms with Crippen molar-refractivity contribution in [2.75, 3.05) is 31.7 Å². The number of hydrogen-bond donors (Lipinski definition) is 1. The molecule has 0 saturated heterocycles. The molecule has 0 fully saturated rings. The Morgan fingerprint density at radius 3 is 2.65 bits per heavy atom. The average Bonchev–Trinajstić information content (AvgIpc) is 3.11. The number of methoxy groups -OCH3 is 1. The van der Waals surface area contributed by atoms with Crippen molar-refractivity contribution >= 4 is 29.2 Å². The number of halogens is 1. The molecule has 0 amide bonds. The minimum atomic E-state index is -2.26. The maximum atomic E-state index is 13.2. The fourth-order valence-corrected chi connectivity index (χ4v) is 6.61. The Bertz CT molecular complexity index is 1340. The summed E-state index contributed by atoms with van der Waals surface area (Å²) in [6.07, 6.45) is 8.94. The third-order valence-corrected chi connectivity index (χ3v) is 8.93. The summed E-state index contributed by atoms with van der Waals surface area (Å²) in [6.45, 7) is 12.5. The molecule has 7 nitrogen and oxygen atoms in total. The first-order chi connectivity index (χ1) is 20.3. The number of nitrogens with zero attached hydrogens (tertiary/aromatic N) is 1. The fraction of sp³-hybridized carbons (Fsp3) is 0.543. The van der Waals surface area contributed by atoms with Crippen LogP contribution in [0.5, 0.6) is 5.75 Å². The number of hydrogen-bond acceptors (Lipinski definition) is 7. The number of fused-ring (bicyclic) bond motifs is 3. The van der Waals surface area contributed by atoms with Gasteiger partial charge in [-0.2, -0.15) is 0 Å². The number of aliphatic hydroxyl groups is 1. The summed E-state index contributed by atoms with van der Waals surface area (Å²) in [5.41, 5.74) is 0.243. The summed E-state index contributed by atoms with van der Waals surface area (Å²) in [6, 6.07) is 11.4. The first-order valence-electron chi connectivity index (χ1n) is 15.3. The smallest absolute Gasteiger partial charge is 0.343 e. The van der Waals surface area contributed by atoms with Gasteiger partial charge in [0.1, 0.15) is 11.4 Å². The van der Waals surface area contributed by atoms with E-state index in [2.05, 4.69) is 23.6 Å². The Morgan fingerprint density at radius 2 is 1.95 bits per heavy atom. The first-order valence-corrected chi connectivity index (χ1v) is 15.7. The summed E-state index contributed by atoms with van der Waals surface area (Å²) in [5.74, 6) is -2.17. The molecule has 2 aliphatic rings. The minimum Gasteiger partial charge on any atom is -0.490 e. The Kier molecular flexibility index (Phi) is 10.2. The van der Waals surface area contributed by atoms with E-state index in [4.69, 9.17) is 25.8 Å². The molecule has 2 aromatic rings. The molecule has 0 unspecified atom stereocenters. The lowest BCUT2D eigenvalue weighted by atomic mass is 9.70. The third kappa shape index (κ3) is 7.04. The van der Waals surface area contributed by atoms with Gasteiger partial charge >= 0.3 is 11.9 Å². The lowest BCUT2D eigenvalue weighted by Gasteiger charge is -2.41.